The lowest BCUT2D eigenvalue weighted by atomic mass is 9.47. The molecule has 1 aliphatic carbocycles. The minimum Gasteiger partial charge on any atom is -0.481 e. The van der Waals surface area contributed by atoms with Crippen LogP contribution in [0.25, 0.3) is 0 Å². The number of aliphatic hydroxyl groups is 1. The second-order valence-corrected chi connectivity index (χ2v) is 9.30. The molecule has 1 saturated carbocycles. The van der Waals surface area contributed by atoms with Crippen molar-refractivity contribution in [3.8, 4) is 0 Å². The predicted molar refractivity (Wildman–Crippen MR) is 96.7 cm³/mol. The van der Waals surface area contributed by atoms with Crippen molar-refractivity contribution >= 4 is 11.9 Å². The molecule has 0 radical (unpaired) electrons. The number of aliphatic hydroxyl groups excluding tert-OH is 1. The van der Waals surface area contributed by atoms with Gasteiger partial charge in [-0.2, -0.15) is 0 Å². The maximum Gasteiger partial charge on any atom is 0.309 e. The van der Waals surface area contributed by atoms with Crippen LogP contribution in [0.1, 0.15) is 60.3 Å². The van der Waals surface area contributed by atoms with E-state index in [-0.39, 0.29) is 18.3 Å². The van der Waals surface area contributed by atoms with E-state index in [1.807, 2.05) is 13.8 Å². The molecule has 0 aromatic carbocycles. The summed E-state index contributed by atoms with van der Waals surface area (Å²) in [5.41, 5.74) is -3.43. The van der Waals surface area contributed by atoms with E-state index in [9.17, 15) is 24.9 Å². The summed E-state index contributed by atoms with van der Waals surface area (Å²) in [6.45, 7) is 12.7. The number of hydrogen-bond donors (Lipinski definition) is 3. The van der Waals surface area contributed by atoms with E-state index in [1.165, 1.54) is 0 Å². The van der Waals surface area contributed by atoms with Gasteiger partial charge in [0.25, 0.3) is 0 Å². The van der Waals surface area contributed by atoms with Crippen LogP contribution < -0.4 is 0 Å². The number of rotatable bonds is 5. The zero-order valence-electron chi connectivity index (χ0n) is 16.4. The zero-order valence-corrected chi connectivity index (χ0v) is 16.4. The van der Waals surface area contributed by atoms with Crippen molar-refractivity contribution in [1.82, 2.24) is 0 Å². The molecule has 0 spiro atoms. The summed E-state index contributed by atoms with van der Waals surface area (Å²) in [6.07, 6.45) is 2.15. The van der Waals surface area contributed by atoms with Gasteiger partial charge in [0.05, 0.1) is 23.5 Å². The van der Waals surface area contributed by atoms with Gasteiger partial charge in [0.2, 0.25) is 0 Å². The Morgan fingerprint density at radius 3 is 2.31 bits per heavy atom. The highest BCUT2D eigenvalue weighted by Crippen LogP contribution is 2.62. The number of carboxylic acids is 2. The second-order valence-electron chi connectivity index (χ2n) is 9.30. The van der Waals surface area contributed by atoms with Gasteiger partial charge in [-0.25, -0.2) is 0 Å². The second kappa shape index (κ2) is 6.34. The van der Waals surface area contributed by atoms with E-state index < -0.39 is 40.1 Å². The highest BCUT2D eigenvalue weighted by molar-refractivity contribution is 5.75. The van der Waals surface area contributed by atoms with Gasteiger partial charge < -0.3 is 20.1 Å². The van der Waals surface area contributed by atoms with Gasteiger partial charge >= 0.3 is 11.9 Å². The summed E-state index contributed by atoms with van der Waals surface area (Å²) >= 11 is 0. The number of fused-ring (bicyclic) bond motifs is 1. The fraction of sp³-hybridized carbons (Fsp3) is 0.800. The van der Waals surface area contributed by atoms with Crippen LogP contribution in [0.3, 0.4) is 0 Å². The van der Waals surface area contributed by atoms with Crippen molar-refractivity contribution in [3.63, 3.8) is 0 Å². The molecule has 6 atom stereocenters. The molecule has 2 fully saturated rings. The lowest BCUT2D eigenvalue weighted by molar-refractivity contribution is -0.277. The molecule has 2 aliphatic rings. The van der Waals surface area contributed by atoms with Gasteiger partial charge in [-0.1, -0.05) is 13.0 Å². The smallest absolute Gasteiger partial charge is 0.309 e. The van der Waals surface area contributed by atoms with Crippen LogP contribution >= 0.6 is 0 Å². The van der Waals surface area contributed by atoms with Gasteiger partial charge in [0.1, 0.15) is 5.60 Å². The molecule has 6 heteroatoms. The average Bonchev–Trinajstić information content (AvgIpc) is 2.48. The highest BCUT2D eigenvalue weighted by atomic mass is 16.5. The molecule has 1 aliphatic heterocycles. The molecule has 6 nitrogen and oxygen atoms in total. The molecule has 148 valence electrons. The zero-order chi connectivity index (χ0) is 20.1. The topological polar surface area (TPSA) is 104 Å². The maximum absolute atomic E-state index is 11.9. The van der Waals surface area contributed by atoms with E-state index >= 15 is 0 Å². The third kappa shape index (κ3) is 3.07. The number of carbonyl (C=O) groups is 2. The Morgan fingerprint density at radius 1 is 1.27 bits per heavy atom. The molecule has 0 unspecified atom stereocenters. The van der Waals surface area contributed by atoms with E-state index in [0.29, 0.717) is 19.3 Å². The summed E-state index contributed by atoms with van der Waals surface area (Å²) in [5.74, 6) is -2.51. The Balaban J connectivity index is 2.55. The Labute approximate surface area is 155 Å². The van der Waals surface area contributed by atoms with Crippen LogP contribution in [0.4, 0.5) is 0 Å². The molecule has 3 N–H and O–H groups in total. The maximum atomic E-state index is 11.9. The number of ether oxygens (including phenoxy) is 1. The number of aliphatic carboxylic acids is 2. The third-order valence-corrected chi connectivity index (χ3v) is 7.19. The minimum atomic E-state index is -1.07. The monoisotopic (exact) mass is 368 g/mol. The molecular formula is C20H32O6. The minimum absolute atomic E-state index is 0.157. The predicted octanol–water partition coefficient (Wildman–Crippen LogP) is 3.09. The fourth-order valence-electron chi connectivity index (χ4n) is 5.63. The van der Waals surface area contributed by atoms with E-state index in [0.717, 1.165) is 0 Å². The van der Waals surface area contributed by atoms with Gasteiger partial charge in [-0.15, -0.1) is 6.58 Å². The van der Waals surface area contributed by atoms with Crippen molar-refractivity contribution < 1.29 is 29.6 Å². The lowest BCUT2D eigenvalue weighted by Gasteiger charge is -2.63. The molecule has 2 rings (SSSR count). The van der Waals surface area contributed by atoms with Crippen LogP contribution in [0, 0.1) is 22.7 Å². The standard InChI is InChI=1S/C20H32O6/c1-7-19(5)14(21)10-13-18(4,11-15(22)23)12(17(2,3)16(24)25)8-9-20(13,6)26-19/h7,12-14,21H,1,8-11H2,2-6H3,(H,22,23)(H,24,25)/t12-,13+,14+,18-,19+,20+/m1/s1. The first-order valence-corrected chi connectivity index (χ1v) is 9.20. The van der Waals surface area contributed by atoms with Crippen molar-refractivity contribution in [2.24, 2.45) is 22.7 Å². The van der Waals surface area contributed by atoms with E-state index in [1.54, 1.807) is 26.8 Å². The third-order valence-electron chi connectivity index (χ3n) is 7.19. The summed E-state index contributed by atoms with van der Waals surface area (Å²) in [7, 11) is 0. The molecule has 0 aromatic rings. The van der Waals surface area contributed by atoms with Crippen molar-refractivity contribution in [2.45, 2.75) is 77.6 Å². The first-order valence-electron chi connectivity index (χ1n) is 9.20. The van der Waals surface area contributed by atoms with E-state index in [2.05, 4.69) is 6.58 Å². The van der Waals surface area contributed by atoms with Crippen molar-refractivity contribution in [3.05, 3.63) is 12.7 Å². The first kappa shape index (κ1) is 20.9. The molecule has 1 saturated heterocycles. The quantitative estimate of drug-likeness (QED) is 0.644. The SMILES string of the molecule is C=C[C@]1(C)O[C@@]2(C)CC[C@H](C(C)(C)C(=O)O)[C@@](C)(CC(=O)O)[C@@H]2C[C@@H]1O. The summed E-state index contributed by atoms with van der Waals surface area (Å²) in [4.78, 5) is 23.6. The summed E-state index contributed by atoms with van der Waals surface area (Å²) in [6, 6.07) is 0. The molecule has 0 bridgehead atoms. The molecular weight excluding hydrogens is 336 g/mol. The van der Waals surface area contributed by atoms with E-state index in [4.69, 9.17) is 4.74 Å². The highest BCUT2D eigenvalue weighted by Gasteiger charge is 2.63. The fourth-order valence-corrected chi connectivity index (χ4v) is 5.63. The number of hydrogen-bond acceptors (Lipinski definition) is 4. The molecule has 26 heavy (non-hydrogen) atoms. The van der Waals surface area contributed by atoms with Crippen LogP contribution in [0.15, 0.2) is 12.7 Å². The Kier molecular flexibility index (Phi) is 5.10. The Hall–Kier alpha value is -1.40. The normalized spacial score (nSPS) is 43.4. The Morgan fingerprint density at radius 2 is 1.85 bits per heavy atom. The molecule has 0 aromatic heterocycles. The summed E-state index contributed by atoms with van der Waals surface area (Å²) < 4.78 is 6.32. The van der Waals surface area contributed by atoms with Gasteiger partial charge in [-0.05, 0) is 64.2 Å². The van der Waals surface area contributed by atoms with Crippen LogP contribution in [-0.4, -0.2) is 44.6 Å². The Bertz CT molecular complexity index is 613. The summed E-state index contributed by atoms with van der Waals surface area (Å²) in [5, 5.41) is 30.0. The molecule has 1 heterocycles. The van der Waals surface area contributed by atoms with Gasteiger partial charge in [0, 0.05) is 0 Å². The van der Waals surface area contributed by atoms with Crippen molar-refractivity contribution in [1.29, 1.82) is 0 Å². The average molecular weight is 368 g/mol. The van der Waals surface area contributed by atoms with Gasteiger partial charge in [0.15, 0.2) is 0 Å². The van der Waals surface area contributed by atoms with Crippen LogP contribution in [0.5, 0.6) is 0 Å². The number of carboxylic acid groups (broad SMARTS) is 2. The lowest BCUT2D eigenvalue weighted by Crippen LogP contribution is -2.66. The van der Waals surface area contributed by atoms with Crippen molar-refractivity contribution in [2.75, 3.05) is 0 Å². The molecule has 0 amide bonds. The van der Waals surface area contributed by atoms with Crippen LogP contribution in [0.2, 0.25) is 0 Å². The first-order chi connectivity index (χ1) is 11.7. The largest absolute Gasteiger partial charge is 0.481 e. The van der Waals surface area contributed by atoms with Crippen LogP contribution in [-0.2, 0) is 14.3 Å². The van der Waals surface area contributed by atoms with Gasteiger partial charge in [-0.3, -0.25) is 9.59 Å².